The molecule has 0 aromatic heterocycles. The van der Waals surface area contributed by atoms with Crippen LogP contribution in [0.3, 0.4) is 0 Å². The third kappa shape index (κ3) is 3.90. The summed E-state index contributed by atoms with van der Waals surface area (Å²) in [6.07, 6.45) is 0. The van der Waals surface area contributed by atoms with E-state index in [1.54, 1.807) is 0 Å². The van der Waals surface area contributed by atoms with Gasteiger partial charge in [-0.3, -0.25) is 0 Å². The number of likely N-dealkylation sites (N-methyl/N-ethyl adjacent to an activating group) is 1. The van der Waals surface area contributed by atoms with Crippen LogP contribution in [0.5, 0.6) is 0 Å². The first-order valence-corrected chi connectivity index (χ1v) is 6.81. The molecule has 0 unspecified atom stereocenters. The number of benzene rings is 2. The van der Waals surface area contributed by atoms with Crippen LogP contribution in [0.1, 0.15) is 5.56 Å². The van der Waals surface area contributed by atoms with E-state index in [0.717, 1.165) is 23.8 Å². The Kier molecular flexibility index (Phi) is 4.69. The van der Waals surface area contributed by atoms with E-state index in [-0.39, 0.29) is 0 Å². The first-order valence-electron chi connectivity index (χ1n) is 6.43. The largest absolute Gasteiger partial charge is 0.383 e. The van der Waals surface area contributed by atoms with E-state index in [0.29, 0.717) is 0 Å². The van der Waals surface area contributed by atoms with Gasteiger partial charge in [0.25, 0.3) is 0 Å². The van der Waals surface area contributed by atoms with Crippen LogP contribution >= 0.6 is 11.6 Å². The average Bonchev–Trinajstić information content (AvgIpc) is 2.41. The lowest BCUT2D eigenvalue weighted by molar-refractivity contribution is 0.910. The Bertz CT molecular complexity index is 523. The summed E-state index contributed by atoms with van der Waals surface area (Å²) in [7, 11) is 2.12. The number of hydrogen-bond donors (Lipinski definition) is 1. The summed E-state index contributed by atoms with van der Waals surface area (Å²) >= 11 is 5.86. The molecule has 2 aromatic carbocycles. The number of rotatable bonds is 5. The van der Waals surface area contributed by atoms with Gasteiger partial charge in [0.05, 0.1) is 0 Å². The van der Waals surface area contributed by atoms with Crippen molar-refractivity contribution in [1.29, 1.82) is 0 Å². The Labute approximate surface area is 120 Å². The molecule has 19 heavy (non-hydrogen) atoms. The summed E-state index contributed by atoms with van der Waals surface area (Å²) in [5.41, 5.74) is 3.68. The molecule has 0 fully saturated rings. The molecular formula is C16H19ClN2. The number of halogens is 1. The zero-order valence-corrected chi connectivity index (χ0v) is 12.1. The van der Waals surface area contributed by atoms with Gasteiger partial charge in [-0.1, -0.05) is 29.8 Å². The van der Waals surface area contributed by atoms with E-state index < -0.39 is 0 Å². The average molecular weight is 275 g/mol. The molecule has 100 valence electrons. The zero-order chi connectivity index (χ0) is 13.7. The summed E-state index contributed by atoms with van der Waals surface area (Å²) in [4.78, 5) is 2.26. The van der Waals surface area contributed by atoms with Gasteiger partial charge < -0.3 is 10.2 Å². The molecule has 0 spiro atoms. The Morgan fingerprint density at radius 1 is 1.05 bits per heavy atom. The second-order valence-electron chi connectivity index (χ2n) is 4.64. The maximum atomic E-state index is 5.86. The van der Waals surface area contributed by atoms with Crippen molar-refractivity contribution in [1.82, 2.24) is 0 Å². The molecule has 0 amide bonds. The standard InChI is InChI=1S/C16H19ClN2/c1-13-5-3-4-6-16(13)19(2)12-11-18-15-9-7-14(17)8-10-15/h3-10,18H,11-12H2,1-2H3. The minimum absolute atomic E-state index is 0.766. The highest BCUT2D eigenvalue weighted by Crippen LogP contribution is 2.17. The first kappa shape index (κ1) is 13.8. The third-order valence-corrected chi connectivity index (χ3v) is 3.40. The zero-order valence-electron chi connectivity index (χ0n) is 11.4. The second-order valence-corrected chi connectivity index (χ2v) is 5.08. The highest BCUT2D eigenvalue weighted by atomic mass is 35.5. The second kappa shape index (κ2) is 6.48. The predicted molar refractivity (Wildman–Crippen MR) is 84.4 cm³/mol. The fourth-order valence-electron chi connectivity index (χ4n) is 2.05. The Balaban J connectivity index is 1.86. The normalized spacial score (nSPS) is 10.3. The van der Waals surface area contributed by atoms with Gasteiger partial charge in [-0.15, -0.1) is 0 Å². The smallest absolute Gasteiger partial charge is 0.0407 e. The number of nitrogens with zero attached hydrogens (tertiary/aromatic N) is 1. The van der Waals surface area contributed by atoms with Crippen molar-refractivity contribution >= 4 is 23.0 Å². The number of para-hydroxylation sites is 1. The molecule has 0 atom stereocenters. The quantitative estimate of drug-likeness (QED) is 0.879. The SMILES string of the molecule is Cc1ccccc1N(C)CCNc1ccc(Cl)cc1. The van der Waals surface area contributed by atoms with Gasteiger partial charge >= 0.3 is 0 Å². The number of anilines is 2. The van der Waals surface area contributed by atoms with Crippen LogP contribution in [-0.4, -0.2) is 20.1 Å². The van der Waals surface area contributed by atoms with Crippen LogP contribution < -0.4 is 10.2 Å². The van der Waals surface area contributed by atoms with Crippen LogP contribution in [0.2, 0.25) is 5.02 Å². The van der Waals surface area contributed by atoms with Crippen molar-refractivity contribution in [2.24, 2.45) is 0 Å². The Morgan fingerprint density at radius 2 is 1.74 bits per heavy atom. The molecule has 0 bridgehead atoms. The lowest BCUT2D eigenvalue weighted by atomic mass is 10.2. The minimum atomic E-state index is 0.766. The first-order chi connectivity index (χ1) is 9.16. The van der Waals surface area contributed by atoms with Gasteiger partial charge in [-0.05, 0) is 42.8 Å². The molecule has 2 rings (SSSR count). The van der Waals surface area contributed by atoms with Crippen LogP contribution in [0.4, 0.5) is 11.4 Å². The summed E-state index contributed by atoms with van der Waals surface area (Å²) in [6, 6.07) is 16.2. The molecule has 0 aliphatic heterocycles. The van der Waals surface area contributed by atoms with Crippen LogP contribution in [0, 0.1) is 6.92 Å². The molecular weight excluding hydrogens is 256 g/mol. The molecule has 2 aromatic rings. The van der Waals surface area contributed by atoms with Gasteiger partial charge in [0.15, 0.2) is 0 Å². The molecule has 1 N–H and O–H groups in total. The van der Waals surface area contributed by atoms with Crippen LogP contribution in [0.15, 0.2) is 48.5 Å². The van der Waals surface area contributed by atoms with E-state index in [2.05, 4.69) is 48.5 Å². The molecule has 0 saturated carbocycles. The van der Waals surface area contributed by atoms with Gasteiger partial charge in [0, 0.05) is 36.5 Å². The highest BCUT2D eigenvalue weighted by molar-refractivity contribution is 6.30. The molecule has 0 heterocycles. The van der Waals surface area contributed by atoms with Crippen molar-refractivity contribution in [2.45, 2.75) is 6.92 Å². The predicted octanol–water partition coefficient (Wildman–Crippen LogP) is 4.20. The summed E-state index contributed by atoms with van der Waals surface area (Å²) < 4.78 is 0. The Hall–Kier alpha value is -1.67. The molecule has 0 radical (unpaired) electrons. The van der Waals surface area contributed by atoms with Gasteiger partial charge in [-0.25, -0.2) is 0 Å². The lowest BCUT2D eigenvalue weighted by Gasteiger charge is -2.21. The number of hydrogen-bond acceptors (Lipinski definition) is 2. The van der Waals surface area contributed by atoms with E-state index >= 15 is 0 Å². The third-order valence-electron chi connectivity index (χ3n) is 3.15. The van der Waals surface area contributed by atoms with E-state index in [1.807, 2.05) is 24.3 Å². The number of nitrogens with one attached hydrogen (secondary N) is 1. The molecule has 3 heteroatoms. The monoisotopic (exact) mass is 274 g/mol. The summed E-state index contributed by atoms with van der Waals surface area (Å²) in [6.45, 7) is 3.98. The Morgan fingerprint density at radius 3 is 2.42 bits per heavy atom. The van der Waals surface area contributed by atoms with Crippen molar-refractivity contribution in [2.75, 3.05) is 30.4 Å². The molecule has 0 aliphatic carbocycles. The fraction of sp³-hybridized carbons (Fsp3) is 0.250. The minimum Gasteiger partial charge on any atom is -0.383 e. The van der Waals surface area contributed by atoms with Crippen molar-refractivity contribution in [3.63, 3.8) is 0 Å². The van der Waals surface area contributed by atoms with Crippen molar-refractivity contribution < 1.29 is 0 Å². The fourth-order valence-corrected chi connectivity index (χ4v) is 2.17. The molecule has 0 saturated heterocycles. The summed E-state index contributed by atoms with van der Waals surface area (Å²) in [5.74, 6) is 0. The van der Waals surface area contributed by atoms with Crippen LogP contribution in [-0.2, 0) is 0 Å². The highest BCUT2D eigenvalue weighted by Gasteiger charge is 2.02. The van der Waals surface area contributed by atoms with Gasteiger partial charge in [0.1, 0.15) is 0 Å². The maximum Gasteiger partial charge on any atom is 0.0407 e. The maximum absolute atomic E-state index is 5.86. The van der Waals surface area contributed by atoms with Crippen LogP contribution in [0.25, 0.3) is 0 Å². The molecule has 0 aliphatic rings. The summed E-state index contributed by atoms with van der Waals surface area (Å²) in [5, 5.41) is 4.16. The van der Waals surface area contributed by atoms with E-state index in [4.69, 9.17) is 11.6 Å². The topological polar surface area (TPSA) is 15.3 Å². The molecule has 2 nitrogen and oxygen atoms in total. The van der Waals surface area contributed by atoms with E-state index in [9.17, 15) is 0 Å². The lowest BCUT2D eigenvalue weighted by Crippen LogP contribution is -2.25. The van der Waals surface area contributed by atoms with Gasteiger partial charge in [-0.2, -0.15) is 0 Å². The van der Waals surface area contributed by atoms with E-state index in [1.165, 1.54) is 11.3 Å². The number of aryl methyl sites for hydroxylation is 1. The van der Waals surface area contributed by atoms with Crippen molar-refractivity contribution in [3.05, 3.63) is 59.1 Å². The van der Waals surface area contributed by atoms with Gasteiger partial charge in [0.2, 0.25) is 0 Å². The van der Waals surface area contributed by atoms with Crippen molar-refractivity contribution in [3.8, 4) is 0 Å².